The fraction of sp³-hybridized carbons (Fsp3) is 0.263. The summed E-state index contributed by atoms with van der Waals surface area (Å²) in [6.45, 7) is 5.89. The molecule has 0 aliphatic carbocycles. The minimum Gasteiger partial charge on any atom is -0.329 e. The van der Waals surface area contributed by atoms with E-state index in [1.54, 1.807) is 4.90 Å². The molecule has 4 nitrogen and oxygen atoms in total. The second-order valence-electron chi connectivity index (χ2n) is 5.73. The molecule has 120 valence electrons. The second kappa shape index (κ2) is 7.58. The second-order valence-corrected chi connectivity index (χ2v) is 5.73. The molecule has 2 amide bonds. The molecular formula is C19H22N2O2. The van der Waals surface area contributed by atoms with Crippen molar-refractivity contribution in [3.05, 3.63) is 65.2 Å². The van der Waals surface area contributed by atoms with E-state index in [-0.39, 0.29) is 18.4 Å². The number of carbonyl (C=O) groups is 2. The number of carbonyl (C=O) groups excluding carboxylic acids is 2. The number of rotatable bonds is 5. The van der Waals surface area contributed by atoms with Crippen LogP contribution in [-0.2, 0) is 16.1 Å². The van der Waals surface area contributed by atoms with Gasteiger partial charge in [-0.05, 0) is 31.0 Å². The molecule has 0 saturated carbocycles. The Hall–Kier alpha value is -2.62. The van der Waals surface area contributed by atoms with E-state index in [1.807, 2.05) is 62.4 Å². The van der Waals surface area contributed by atoms with Gasteiger partial charge in [0.2, 0.25) is 11.8 Å². The monoisotopic (exact) mass is 310 g/mol. The van der Waals surface area contributed by atoms with Crippen LogP contribution in [0.25, 0.3) is 0 Å². The van der Waals surface area contributed by atoms with Gasteiger partial charge in [0, 0.05) is 19.2 Å². The molecule has 2 rings (SSSR count). The molecule has 0 aromatic heterocycles. The third-order valence-corrected chi connectivity index (χ3v) is 3.65. The predicted molar refractivity (Wildman–Crippen MR) is 92.1 cm³/mol. The number of nitrogens with zero attached hydrogens (tertiary/aromatic N) is 1. The highest BCUT2D eigenvalue weighted by Crippen LogP contribution is 2.13. The molecule has 0 bridgehead atoms. The van der Waals surface area contributed by atoms with E-state index in [4.69, 9.17) is 0 Å². The number of para-hydroxylation sites is 1. The average molecular weight is 310 g/mol. The Balaban J connectivity index is 2.03. The van der Waals surface area contributed by atoms with Gasteiger partial charge in [0.25, 0.3) is 0 Å². The van der Waals surface area contributed by atoms with Crippen molar-refractivity contribution in [2.45, 2.75) is 27.3 Å². The van der Waals surface area contributed by atoms with E-state index in [1.165, 1.54) is 6.92 Å². The van der Waals surface area contributed by atoms with Gasteiger partial charge in [-0.15, -0.1) is 0 Å². The Morgan fingerprint density at radius 2 is 1.78 bits per heavy atom. The molecule has 4 heteroatoms. The molecule has 0 aliphatic rings. The van der Waals surface area contributed by atoms with Gasteiger partial charge in [-0.1, -0.05) is 48.0 Å². The normalized spacial score (nSPS) is 10.2. The van der Waals surface area contributed by atoms with Crippen LogP contribution in [0, 0.1) is 13.8 Å². The largest absolute Gasteiger partial charge is 0.329 e. The van der Waals surface area contributed by atoms with Crippen molar-refractivity contribution in [3.63, 3.8) is 0 Å². The SMILES string of the molecule is CC(=O)N(CC(=O)Nc1ccccc1C)Cc1cccc(C)c1. The third kappa shape index (κ3) is 4.95. The first-order valence-electron chi connectivity index (χ1n) is 7.62. The predicted octanol–water partition coefficient (Wildman–Crippen LogP) is 3.29. The zero-order valence-electron chi connectivity index (χ0n) is 13.8. The highest BCUT2D eigenvalue weighted by Gasteiger charge is 2.14. The maximum absolute atomic E-state index is 12.2. The van der Waals surface area contributed by atoms with E-state index in [2.05, 4.69) is 5.32 Å². The van der Waals surface area contributed by atoms with Gasteiger partial charge in [0.05, 0.1) is 0 Å². The van der Waals surface area contributed by atoms with Crippen molar-refractivity contribution in [1.82, 2.24) is 4.90 Å². The van der Waals surface area contributed by atoms with Crippen LogP contribution in [0.2, 0.25) is 0 Å². The van der Waals surface area contributed by atoms with Gasteiger partial charge < -0.3 is 10.2 Å². The fourth-order valence-electron chi connectivity index (χ4n) is 2.39. The van der Waals surface area contributed by atoms with Crippen LogP contribution < -0.4 is 5.32 Å². The van der Waals surface area contributed by atoms with Gasteiger partial charge in [-0.2, -0.15) is 0 Å². The standard InChI is InChI=1S/C19H22N2O2/c1-14-7-6-9-17(11-14)12-21(16(3)22)13-19(23)20-18-10-5-4-8-15(18)2/h4-11H,12-13H2,1-3H3,(H,20,23). The Bertz CT molecular complexity index is 710. The minimum atomic E-state index is -0.192. The van der Waals surface area contributed by atoms with E-state index < -0.39 is 0 Å². The van der Waals surface area contributed by atoms with Crippen LogP contribution in [0.3, 0.4) is 0 Å². The van der Waals surface area contributed by atoms with E-state index in [0.29, 0.717) is 6.54 Å². The molecule has 0 saturated heterocycles. The van der Waals surface area contributed by atoms with Crippen LogP contribution in [-0.4, -0.2) is 23.3 Å². The number of nitrogens with one attached hydrogen (secondary N) is 1. The Morgan fingerprint density at radius 1 is 1.04 bits per heavy atom. The molecule has 0 aliphatic heterocycles. The topological polar surface area (TPSA) is 49.4 Å². The minimum absolute atomic E-state index is 0.0393. The molecule has 0 fully saturated rings. The van der Waals surface area contributed by atoms with Crippen molar-refractivity contribution in [3.8, 4) is 0 Å². The van der Waals surface area contributed by atoms with E-state index in [0.717, 1.165) is 22.4 Å². The third-order valence-electron chi connectivity index (χ3n) is 3.65. The molecule has 2 aromatic rings. The lowest BCUT2D eigenvalue weighted by Crippen LogP contribution is -2.36. The molecule has 0 heterocycles. The van der Waals surface area contributed by atoms with E-state index in [9.17, 15) is 9.59 Å². The smallest absolute Gasteiger partial charge is 0.244 e. The zero-order chi connectivity index (χ0) is 16.8. The molecule has 2 aromatic carbocycles. The number of anilines is 1. The van der Waals surface area contributed by atoms with Crippen LogP contribution in [0.5, 0.6) is 0 Å². The first-order chi connectivity index (χ1) is 11.0. The lowest BCUT2D eigenvalue weighted by Gasteiger charge is -2.21. The molecule has 0 spiro atoms. The summed E-state index contributed by atoms with van der Waals surface area (Å²) in [5, 5.41) is 2.86. The molecule has 23 heavy (non-hydrogen) atoms. The highest BCUT2D eigenvalue weighted by atomic mass is 16.2. The zero-order valence-corrected chi connectivity index (χ0v) is 13.8. The van der Waals surface area contributed by atoms with Crippen molar-refractivity contribution >= 4 is 17.5 Å². The summed E-state index contributed by atoms with van der Waals surface area (Å²) >= 11 is 0. The molecule has 0 unspecified atom stereocenters. The molecule has 1 N–H and O–H groups in total. The Labute approximate surface area is 137 Å². The first kappa shape index (κ1) is 16.7. The van der Waals surface area contributed by atoms with Crippen molar-refractivity contribution in [2.75, 3.05) is 11.9 Å². The Kier molecular flexibility index (Phi) is 5.52. The summed E-state index contributed by atoms with van der Waals surface area (Å²) in [6, 6.07) is 15.5. The number of amides is 2. The number of hydrogen-bond acceptors (Lipinski definition) is 2. The van der Waals surface area contributed by atoms with Gasteiger partial charge >= 0.3 is 0 Å². The van der Waals surface area contributed by atoms with Gasteiger partial charge in [-0.3, -0.25) is 9.59 Å². The lowest BCUT2D eigenvalue weighted by atomic mass is 10.1. The van der Waals surface area contributed by atoms with Crippen molar-refractivity contribution in [1.29, 1.82) is 0 Å². The quantitative estimate of drug-likeness (QED) is 0.921. The lowest BCUT2D eigenvalue weighted by molar-refractivity contribution is -0.133. The maximum Gasteiger partial charge on any atom is 0.244 e. The van der Waals surface area contributed by atoms with E-state index >= 15 is 0 Å². The average Bonchev–Trinajstić information content (AvgIpc) is 2.49. The summed E-state index contributed by atoms with van der Waals surface area (Å²) in [4.78, 5) is 25.6. The molecule has 0 radical (unpaired) electrons. The molecular weight excluding hydrogens is 288 g/mol. The van der Waals surface area contributed by atoms with Crippen LogP contribution in [0.15, 0.2) is 48.5 Å². The highest BCUT2D eigenvalue weighted by molar-refractivity contribution is 5.94. The van der Waals surface area contributed by atoms with Gasteiger partial charge in [0.15, 0.2) is 0 Å². The summed E-state index contributed by atoms with van der Waals surface area (Å²) in [6.07, 6.45) is 0. The van der Waals surface area contributed by atoms with Gasteiger partial charge in [-0.25, -0.2) is 0 Å². The summed E-state index contributed by atoms with van der Waals surface area (Å²) in [7, 11) is 0. The number of hydrogen-bond donors (Lipinski definition) is 1. The van der Waals surface area contributed by atoms with Gasteiger partial charge in [0.1, 0.15) is 6.54 Å². The maximum atomic E-state index is 12.2. The first-order valence-corrected chi connectivity index (χ1v) is 7.62. The van der Waals surface area contributed by atoms with Crippen LogP contribution in [0.4, 0.5) is 5.69 Å². The van der Waals surface area contributed by atoms with Crippen molar-refractivity contribution in [2.24, 2.45) is 0 Å². The van der Waals surface area contributed by atoms with Crippen molar-refractivity contribution < 1.29 is 9.59 Å². The van der Waals surface area contributed by atoms with Crippen LogP contribution in [0.1, 0.15) is 23.6 Å². The van der Waals surface area contributed by atoms with Crippen LogP contribution >= 0.6 is 0 Å². The number of benzene rings is 2. The fourth-order valence-corrected chi connectivity index (χ4v) is 2.39. The summed E-state index contributed by atoms with van der Waals surface area (Å²) in [5.41, 5.74) is 3.92. The summed E-state index contributed by atoms with van der Waals surface area (Å²) < 4.78 is 0. The Morgan fingerprint density at radius 3 is 2.43 bits per heavy atom. The molecule has 0 atom stereocenters. The summed E-state index contributed by atoms with van der Waals surface area (Å²) in [5.74, 6) is -0.311. The number of aryl methyl sites for hydroxylation is 2.